The summed E-state index contributed by atoms with van der Waals surface area (Å²) in [4.78, 5) is 13.7. The number of hydrogen-bond acceptors (Lipinski definition) is 3. The van der Waals surface area contributed by atoms with Gasteiger partial charge in [-0.25, -0.2) is 4.79 Å². The van der Waals surface area contributed by atoms with Crippen LogP contribution >= 0.6 is 0 Å². The van der Waals surface area contributed by atoms with Crippen LogP contribution in [0.5, 0.6) is 0 Å². The van der Waals surface area contributed by atoms with Crippen molar-refractivity contribution in [1.29, 1.82) is 0 Å². The zero-order valence-corrected chi connectivity index (χ0v) is 10.9. The molecule has 1 aromatic carbocycles. The highest BCUT2D eigenvalue weighted by Gasteiger charge is 2.56. The third-order valence-electron chi connectivity index (χ3n) is 4.30. The maximum atomic E-state index is 11.9. The lowest BCUT2D eigenvalue weighted by molar-refractivity contribution is 0.0980. The van der Waals surface area contributed by atoms with E-state index in [0.717, 1.165) is 25.1 Å². The van der Waals surface area contributed by atoms with Gasteiger partial charge in [0.15, 0.2) is 0 Å². The van der Waals surface area contributed by atoms with Crippen molar-refractivity contribution in [3.63, 3.8) is 0 Å². The Balaban J connectivity index is 1.44. The van der Waals surface area contributed by atoms with Crippen LogP contribution < -0.4 is 0 Å². The first-order valence-electron chi connectivity index (χ1n) is 6.86. The van der Waals surface area contributed by atoms with Crippen molar-refractivity contribution in [1.82, 2.24) is 4.90 Å². The second-order valence-corrected chi connectivity index (χ2v) is 5.45. The van der Waals surface area contributed by atoms with E-state index in [1.165, 1.54) is 0 Å². The van der Waals surface area contributed by atoms with Crippen LogP contribution in [-0.2, 0) is 11.3 Å². The van der Waals surface area contributed by atoms with E-state index >= 15 is 0 Å². The number of fused-ring (bicyclic) bond motifs is 1. The number of piperidine rings is 1. The standard InChI is InChI=1S/C15H19NO3/c17-7-6-12-13-8-16(9-14(12)13)15(18)19-10-11-4-2-1-3-5-11/h1-5,12-14,17H,6-10H2. The topological polar surface area (TPSA) is 49.8 Å². The number of benzene rings is 1. The first-order chi connectivity index (χ1) is 9.29. The lowest BCUT2D eigenvalue weighted by atomic mass is 10.2. The first kappa shape index (κ1) is 12.5. The molecule has 0 aromatic heterocycles. The summed E-state index contributed by atoms with van der Waals surface area (Å²) in [7, 11) is 0. The Labute approximate surface area is 113 Å². The number of hydrogen-bond donors (Lipinski definition) is 1. The van der Waals surface area contributed by atoms with Crippen LogP contribution in [0.3, 0.4) is 0 Å². The van der Waals surface area contributed by atoms with Gasteiger partial charge in [0, 0.05) is 19.7 Å². The van der Waals surface area contributed by atoms with Crippen molar-refractivity contribution in [2.45, 2.75) is 13.0 Å². The number of ether oxygens (including phenoxy) is 1. The van der Waals surface area contributed by atoms with E-state index in [1.54, 1.807) is 4.90 Å². The average Bonchev–Trinajstić information content (AvgIpc) is 2.89. The van der Waals surface area contributed by atoms with Gasteiger partial charge in [-0.05, 0) is 29.7 Å². The molecule has 2 fully saturated rings. The van der Waals surface area contributed by atoms with Crippen LogP contribution in [0, 0.1) is 17.8 Å². The molecule has 1 saturated heterocycles. The maximum absolute atomic E-state index is 11.9. The SMILES string of the molecule is O=C(OCc1ccccc1)N1CC2C(CCO)C2C1. The third kappa shape index (κ3) is 2.59. The normalized spacial score (nSPS) is 28.1. The highest BCUT2D eigenvalue weighted by atomic mass is 16.6. The van der Waals surface area contributed by atoms with Gasteiger partial charge in [-0.2, -0.15) is 0 Å². The van der Waals surface area contributed by atoms with Gasteiger partial charge in [0.1, 0.15) is 6.61 Å². The van der Waals surface area contributed by atoms with Gasteiger partial charge >= 0.3 is 6.09 Å². The van der Waals surface area contributed by atoms with Gasteiger partial charge in [0.25, 0.3) is 0 Å². The van der Waals surface area contributed by atoms with E-state index in [9.17, 15) is 4.79 Å². The molecular weight excluding hydrogens is 242 g/mol. The maximum Gasteiger partial charge on any atom is 0.410 e. The second-order valence-electron chi connectivity index (χ2n) is 5.45. The van der Waals surface area contributed by atoms with E-state index in [0.29, 0.717) is 24.4 Å². The lowest BCUT2D eigenvalue weighted by Crippen LogP contribution is -2.32. The molecule has 4 nitrogen and oxygen atoms in total. The van der Waals surface area contributed by atoms with Gasteiger partial charge in [-0.15, -0.1) is 0 Å². The number of aliphatic hydroxyl groups is 1. The minimum Gasteiger partial charge on any atom is -0.445 e. The van der Waals surface area contributed by atoms with Crippen LogP contribution in [-0.4, -0.2) is 35.8 Å². The smallest absolute Gasteiger partial charge is 0.410 e. The number of carbonyl (C=O) groups is 1. The summed E-state index contributed by atoms with van der Waals surface area (Å²) in [6.07, 6.45) is 0.668. The van der Waals surface area contributed by atoms with Crippen LogP contribution in [0.1, 0.15) is 12.0 Å². The molecule has 0 bridgehead atoms. The number of aliphatic hydroxyl groups excluding tert-OH is 1. The lowest BCUT2D eigenvalue weighted by Gasteiger charge is -2.19. The fourth-order valence-corrected chi connectivity index (χ4v) is 3.19. The number of carbonyl (C=O) groups excluding carboxylic acids is 1. The molecule has 102 valence electrons. The van der Waals surface area contributed by atoms with Crippen LogP contribution in [0.4, 0.5) is 4.79 Å². The molecule has 19 heavy (non-hydrogen) atoms. The Hall–Kier alpha value is -1.55. The summed E-state index contributed by atoms with van der Waals surface area (Å²) < 4.78 is 5.31. The number of rotatable bonds is 4. The predicted molar refractivity (Wildman–Crippen MR) is 70.4 cm³/mol. The zero-order valence-electron chi connectivity index (χ0n) is 10.9. The molecule has 0 radical (unpaired) electrons. The predicted octanol–water partition coefficient (Wildman–Crippen LogP) is 1.88. The van der Waals surface area contributed by atoms with Gasteiger partial charge in [-0.1, -0.05) is 30.3 Å². The molecule has 4 heteroatoms. The van der Waals surface area contributed by atoms with Crippen LogP contribution in [0.25, 0.3) is 0 Å². The van der Waals surface area contributed by atoms with Crippen molar-refractivity contribution < 1.29 is 14.6 Å². The van der Waals surface area contributed by atoms with E-state index in [-0.39, 0.29) is 12.7 Å². The van der Waals surface area contributed by atoms with Crippen molar-refractivity contribution >= 4 is 6.09 Å². The molecule has 1 aliphatic carbocycles. The molecule has 2 unspecified atom stereocenters. The van der Waals surface area contributed by atoms with E-state index in [2.05, 4.69) is 0 Å². The van der Waals surface area contributed by atoms with Crippen LogP contribution in [0.15, 0.2) is 30.3 Å². The van der Waals surface area contributed by atoms with E-state index in [4.69, 9.17) is 9.84 Å². The van der Waals surface area contributed by atoms with Gasteiger partial charge < -0.3 is 14.7 Å². The largest absolute Gasteiger partial charge is 0.445 e. The Bertz CT molecular complexity index is 436. The molecule has 2 aliphatic rings. The molecule has 1 aromatic rings. The molecular formula is C15H19NO3. The van der Waals surface area contributed by atoms with E-state index in [1.807, 2.05) is 30.3 Å². The third-order valence-corrected chi connectivity index (χ3v) is 4.30. The fraction of sp³-hybridized carbons (Fsp3) is 0.533. The van der Waals surface area contributed by atoms with E-state index < -0.39 is 0 Å². The summed E-state index contributed by atoms with van der Waals surface area (Å²) in [5, 5.41) is 8.91. The molecule has 1 N–H and O–H groups in total. The Morgan fingerprint density at radius 1 is 1.26 bits per heavy atom. The Morgan fingerprint density at radius 2 is 1.95 bits per heavy atom. The monoisotopic (exact) mass is 261 g/mol. The van der Waals surface area contributed by atoms with Crippen LogP contribution in [0.2, 0.25) is 0 Å². The minimum atomic E-state index is -0.209. The van der Waals surface area contributed by atoms with Gasteiger partial charge in [0.05, 0.1) is 0 Å². The first-order valence-corrected chi connectivity index (χ1v) is 6.86. The average molecular weight is 261 g/mol. The fourth-order valence-electron chi connectivity index (χ4n) is 3.19. The van der Waals surface area contributed by atoms with Crippen molar-refractivity contribution in [2.75, 3.05) is 19.7 Å². The molecule has 1 aliphatic heterocycles. The highest BCUT2D eigenvalue weighted by molar-refractivity contribution is 5.68. The molecule has 1 amide bonds. The minimum absolute atomic E-state index is 0.209. The van der Waals surface area contributed by atoms with Crippen molar-refractivity contribution in [3.8, 4) is 0 Å². The summed E-state index contributed by atoms with van der Waals surface area (Å²) in [5.74, 6) is 1.82. The zero-order chi connectivity index (χ0) is 13.2. The number of likely N-dealkylation sites (tertiary alicyclic amines) is 1. The molecule has 2 atom stereocenters. The summed E-state index contributed by atoms with van der Waals surface area (Å²) in [6, 6.07) is 9.72. The number of nitrogens with zero attached hydrogens (tertiary/aromatic N) is 1. The molecule has 3 rings (SSSR count). The second kappa shape index (κ2) is 5.21. The van der Waals surface area contributed by atoms with Gasteiger partial charge in [-0.3, -0.25) is 0 Å². The summed E-state index contributed by atoms with van der Waals surface area (Å²) >= 11 is 0. The van der Waals surface area contributed by atoms with Crippen molar-refractivity contribution in [3.05, 3.63) is 35.9 Å². The number of amides is 1. The van der Waals surface area contributed by atoms with Gasteiger partial charge in [0.2, 0.25) is 0 Å². The summed E-state index contributed by atoms with van der Waals surface area (Å²) in [5.41, 5.74) is 1.01. The molecule has 1 heterocycles. The Kier molecular flexibility index (Phi) is 3.42. The summed E-state index contributed by atoms with van der Waals surface area (Å²) in [6.45, 7) is 2.19. The Morgan fingerprint density at radius 3 is 2.58 bits per heavy atom. The molecule has 0 spiro atoms. The highest BCUT2D eigenvalue weighted by Crippen LogP contribution is 2.53. The quantitative estimate of drug-likeness (QED) is 0.900. The van der Waals surface area contributed by atoms with Crippen molar-refractivity contribution in [2.24, 2.45) is 17.8 Å². The molecule has 1 saturated carbocycles.